The molecular weight excluding hydrogens is 572 g/mol. The zero-order chi connectivity index (χ0) is 27.5. The summed E-state index contributed by atoms with van der Waals surface area (Å²) in [4.78, 5) is 24.9. The molecule has 1 aliphatic heterocycles. The molecule has 11 heteroatoms. The van der Waals surface area contributed by atoms with Gasteiger partial charge >= 0.3 is 6.09 Å². The van der Waals surface area contributed by atoms with Gasteiger partial charge in [0.05, 0.1) is 29.3 Å². The van der Waals surface area contributed by atoms with Crippen molar-refractivity contribution in [2.24, 2.45) is 0 Å². The van der Waals surface area contributed by atoms with Crippen molar-refractivity contribution in [3.8, 4) is 39.9 Å². The number of benzene rings is 2. The predicted octanol–water partition coefficient (Wildman–Crippen LogP) is 7.17. The molecule has 0 bridgehead atoms. The van der Waals surface area contributed by atoms with E-state index in [1.807, 2.05) is 18.2 Å². The third kappa shape index (κ3) is 4.52. The predicted molar refractivity (Wildman–Crippen MR) is 143 cm³/mol. The monoisotopic (exact) mass is 593 g/mol. The Morgan fingerprint density at radius 3 is 2.67 bits per heavy atom. The molecule has 5 aromatic rings. The van der Waals surface area contributed by atoms with Gasteiger partial charge in [0, 0.05) is 17.3 Å². The number of halogens is 3. The highest BCUT2D eigenvalue weighted by Crippen LogP contribution is 2.43. The van der Waals surface area contributed by atoms with Gasteiger partial charge in [0.1, 0.15) is 21.8 Å². The lowest BCUT2D eigenvalue weighted by molar-refractivity contribution is 0.0540. The second-order valence-corrected chi connectivity index (χ2v) is 10.8. The molecule has 198 valence electrons. The number of carbonyl (C=O) groups is 1. The lowest BCUT2D eigenvalue weighted by Crippen LogP contribution is -2.27. The average Bonchev–Trinajstić information content (AvgIpc) is 3.64. The van der Waals surface area contributed by atoms with Crippen LogP contribution in [-0.4, -0.2) is 35.8 Å². The Morgan fingerprint density at radius 1 is 1.08 bits per heavy atom. The highest BCUT2D eigenvalue weighted by atomic mass is 79.9. The van der Waals surface area contributed by atoms with Crippen LogP contribution in [0, 0.1) is 11.6 Å². The van der Waals surface area contributed by atoms with E-state index in [4.69, 9.17) is 9.47 Å². The number of carbonyl (C=O) groups excluding carboxylic acids is 1. The molecule has 0 saturated heterocycles. The van der Waals surface area contributed by atoms with Gasteiger partial charge < -0.3 is 14.5 Å². The van der Waals surface area contributed by atoms with Crippen LogP contribution in [0.15, 0.2) is 71.7 Å². The Balaban J connectivity index is 1.35. The molecular formula is C28H22BrF2N5O3. The molecule has 0 fully saturated rings. The van der Waals surface area contributed by atoms with Crippen molar-refractivity contribution in [2.45, 2.75) is 32.6 Å². The van der Waals surface area contributed by atoms with E-state index in [9.17, 15) is 13.6 Å². The van der Waals surface area contributed by atoms with Crippen molar-refractivity contribution in [1.29, 1.82) is 0 Å². The second-order valence-electron chi connectivity index (χ2n) is 10.0. The maximum Gasteiger partial charge on any atom is 0.419 e. The summed E-state index contributed by atoms with van der Waals surface area (Å²) < 4.78 is 43.3. The first-order chi connectivity index (χ1) is 18.6. The van der Waals surface area contributed by atoms with Gasteiger partial charge in [-0.2, -0.15) is 0 Å². The van der Waals surface area contributed by atoms with E-state index in [-0.39, 0.29) is 0 Å². The Kier molecular flexibility index (Phi) is 5.91. The maximum absolute atomic E-state index is 14.1. The number of ether oxygens (including phenoxy) is 2. The molecule has 1 unspecified atom stereocenters. The molecule has 0 saturated carbocycles. The Bertz CT molecular complexity index is 1730. The normalized spacial score (nSPS) is 14.5. The van der Waals surface area contributed by atoms with E-state index >= 15 is 0 Å². The Labute approximate surface area is 230 Å². The molecule has 1 atom stereocenters. The number of rotatable bonds is 3. The first-order valence-corrected chi connectivity index (χ1v) is 12.8. The highest BCUT2D eigenvalue weighted by molar-refractivity contribution is 9.10. The molecule has 0 spiro atoms. The number of aromatic nitrogens is 5. The summed E-state index contributed by atoms with van der Waals surface area (Å²) in [5.74, 6) is -0.283. The fourth-order valence-electron chi connectivity index (χ4n) is 4.43. The van der Waals surface area contributed by atoms with E-state index < -0.39 is 29.6 Å². The van der Waals surface area contributed by atoms with Crippen molar-refractivity contribution >= 4 is 22.0 Å². The SMILES string of the molecule is CC(C)(C)OC(=O)n1cccc1-c1ncc(-c2ccc3c(c2)OC(c2ccc(F)c(F)c2)n2c(Br)cnc2-3)[nH]1. The van der Waals surface area contributed by atoms with Gasteiger partial charge in [0.2, 0.25) is 6.23 Å². The smallest absolute Gasteiger partial charge is 0.419 e. The molecule has 3 aromatic heterocycles. The minimum Gasteiger partial charge on any atom is -0.465 e. The lowest BCUT2D eigenvalue weighted by Gasteiger charge is -2.29. The van der Waals surface area contributed by atoms with Crippen LogP contribution in [0.4, 0.5) is 13.6 Å². The standard InChI is InChI=1S/C28H22BrF2N5O3/c1-28(2,3)39-27(37)35-10-4-5-21(35)24-32-13-20(34-24)15-6-8-17-22(12-15)38-26(36-23(29)14-33-25(17)36)16-7-9-18(30)19(31)11-16/h4-14,26H,1-3H3,(H,32,34). The molecule has 2 aromatic carbocycles. The minimum absolute atomic E-state index is 0.427. The molecule has 39 heavy (non-hydrogen) atoms. The number of nitrogens with one attached hydrogen (secondary N) is 1. The third-order valence-electron chi connectivity index (χ3n) is 6.14. The summed E-state index contributed by atoms with van der Waals surface area (Å²) in [5, 5.41) is 0. The van der Waals surface area contributed by atoms with Crippen LogP contribution in [0.25, 0.3) is 34.2 Å². The summed E-state index contributed by atoms with van der Waals surface area (Å²) in [6.45, 7) is 5.42. The van der Waals surface area contributed by atoms with Crippen LogP contribution < -0.4 is 4.74 Å². The Hall–Kier alpha value is -4.25. The molecule has 4 heterocycles. The van der Waals surface area contributed by atoms with Gasteiger partial charge in [-0.25, -0.2) is 28.1 Å². The zero-order valence-corrected chi connectivity index (χ0v) is 22.7. The van der Waals surface area contributed by atoms with Gasteiger partial charge in [0.15, 0.2) is 17.5 Å². The molecule has 0 radical (unpaired) electrons. The number of imidazole rings is 2. The molecule has 0 amide bonds. The van der Waals surface area contributed by atoms with Crippen LogP contribution in [0.1, 0.15) is 32.6 Å². The van der Waals surface area contributed by atoms with Crippen molar-refractivity contribution in [1.82, 2.24) is 24.1 Å². The number of aromatic amines is 1. The van der Waals surface area contributed by atoms with Crippen molar-refractivity contribution in [2.75, 3.05) is 0 Å². The molecule has 1 N–H and O–H groups in total. The van der Waals surface area contributed by atoms with Gasteiger partial charge in [-0.15, -0.1) is 0 Å². The first-order valence-electron chi connectivity index (χ1n) is 12.0. The van der Waals surface area contributed by atoms with Crippen molar-refractivity contribution in [3.63, 3.8) is 0 Å². The second kappa shape index (κ2) is 9.19. The summed E-state index contributed by atoms with van der Waals surface area (Å²) in [5.41, 5.74) is 2.53. The molecule has 1 aliphatic rings. The fraction of sp³-hybridized carbons (Fsp3) is 0.179. The zero-order valence-electron chi connectivity index (χ0n) is 21.1. The summed E-state index contributed by atoms with van der Waals surface area (Å²) in [7, 11) is 0. The van der Waals surface area contributed by atoms with Crippen molar-refractivity contribution in [3.05, 3.63) is 88.9 Å². The topological polar surface area (TPSA) is 87.0 Å². The number of hydrogen-bond acceptors (Lipinski definition) is 5. The van der Waals surface area contributed by atoms with Crippen molar-refractivity contribution < 1.29 is 23.0 Å². The summed E-state index contributed by atoms with van der Waals surface area (Å²) in [6, 6.07) is 12.8. The lowest BCUT2D eigenvalue weighted by atomic mass is 10.1. The third-order valence-corrected chi connectivity index (χ3v) is 6.73. The van der Waals surface area contributed by atoms with Gasteiger partial charge in [0.25, 0.3) is 0 Å². The van der Waals surface area contributed by atoms with Crippen LogP contribution >= 0.6 is 15.9 Å². The number of nitrogens with zero attached hydrogens (tertiary/aromatic N) is 4. The van der Waals surface area contributed by atoms with E-state index in [2.05, 4.69) is 30.9 Å². The fourth-order valence-corrected chi connectivity index (χ4v) is 4.89. The number of hydrogen-bond donors (Lipinski definition) is 1. The van der Waals surface area contributed by atoms with Gasteiger partial charge in [-0.05, 0) is 73.1 Å². The van der Waals surface area contributed by atoms with Crippen LogP contribution in [-0.2, 0) is 4.74 Å². The average molecular weight is 594 g/mol. The van der Waals surface area contributed by atoms with E-state index in [1.165, 1.54) is 10.6 Å². The largest absolute Gasteiger partial charge is 0.465 e. The Morgan fingerprint density at radius 2 is 1.90 bits per heavy atom. The van der Waals surface area contributed by atoms with Gasteiger partial charge in [-0.1, -0.05) is 12.1 Å². The maximum atomic E-state index is 14.1. The molecule has 6 rings (SSSR count). The molecule has 0 aliphatic carbocycles. The minimum atomic E-state index is -0.963. The van der Waals surface area contributed by atoms with Gasteiger partial charge in [-0.3, -0.25) is 4.57 Å². The molecule has 8 nitrogen and oxygen atoms in total. The van der Waals surface area contributed by atoms with Crippen LogP contribution in [0.2, 0.25) is 0 Å². The number of fused-ring (bicyclic) bond motifs is 3. The van der Waals surface area contributed by atoms with Crippen LogP contribution in [0.5, 0.6) is 5.75 Å². The quantitative estimate of drug-likeness (QED) is 0.239. The first kappa shape index (κ1) is 25.1. The number of H-pyrrole nitrogens is 1. The van der Waals surface area contributed by atoms with E-state index in [0.29, 0.717) is 39.0 Å². The summed E-state index contributed by atoms with van der Waals surface area (Å²) in [6.07, 6.45) is 3.64. The van der Waals surface area contributed by atoms with Crippen LogP contribution in [0.3, 0.4) is 0 Å². The van der Waals surface area contributed by atoms with E-state index in [1.54, 1.807) is 56.1 Å². The summed E-state index contributed by atoms with van der Waals surface area (Å²) >= 11 is 3.48. The highest BCUT2D eigenvalue weighted by Gasteiger charge is 2.31. The van der Waals surface area contributed by atoms with E-state index in [0.717, 1.165) is 23.3 Å².